The lowest BCUT2D eigenvalue weighted by molar-refractivity contribution is 1.28. The first-order valence-corrected chi connectivity index (χ1v) is 4.81. The first kappa shape index (κ1) is 12.2. The van der Waals surface area contributed by atoms with Gasteiger partial charge in [0.1, 0.15) is 0 Å². The van der Waals surface area contributed by atoms with Gasteiger partial charge in [0.05, 0.1) is 0 Å². The molecule has 0 aromatic heterocycles. The van der Waals surface area contributed by atoms with Gasteiger partial charge in [-0.05, 0) is 37.5 Å². The third-order valence-electron chi connectivity index (χ3n) is 1.75. The summed E-state index contributed by atoms with van der Waals surface area (Å²) in [5.41, 5.74) is 4.21. The lowest BCUT2D eigenvalue weighted by Gasteiger charge is -2.10. The molecule has 0 heterocycles. The molecule has 72 valence electrons. The maximum Gasteiger partial charge on any atom is 0.0474 e. The van der Waals surface area contributed by atoms with Gasteiger partial charge in [0.2, 0.25) is 0 Å². The first-order chi connectivity index (χ1) is 6.04. The van der Waals surface area contributed by atoms with Crippen molar-refractivity contribution < 1.29 is 0 Å². The molecule has 0 aromatic rings. The normalized spacial score (nSPS) is 12.9. The number of hydrogen-bond donors (Lipinski definition) is 0. The average Bonchev–Trinajstić information content (AvgIpc) is 2.04. The molecular formula is C12H17Cl. The van der Waals surface area contributed by atoms with Gasteiger partial charge in [-0.2, -0.15) is 0 Å². The highest BCUT2D eigenvalue weighted by molar-refractivity contribution is 6.19. The summed E-state index contributed by atoms with van der Waals surface area (Å²) in [4.78, 5) is 0. The summed E-state index contributed by atoms with van der Waals surface area (Å²) in [6.45, 7) is 13.8. The van der Waals surface area contributed by atoms with Gasteiger partial charge in [0.15, 0.2) is 0 Å². The second-order valence-electron chi connectivity index (χ2n) is 3.08. The van der Waals surface area contributed by atoms with Gasteiger partial charge in [0.25, 0.3) is 0 Å². The van der Waals surface area contributed by atoms with Gasteiger partial charge < -0.3 is 0 Å². The van der Waals surface area contributed by atoms with E-state index in [2.05, 4.69) is 13.2 Å². The van der Waals surface area contributed by atoms with Crippen molar-refractivity contribution in [2.75, 3.05) is 5.88 Å². The molecule has 0 aliphatic carbocycles. The van der Waals surface area contributed by atoms with E-state index in [-0.39, 0.29) is 0 Å². The molecule has 13 heavy (non-hydrogen) atoms. The Morgan fingerprint density at radius 1 is 1.31 bits per heavy atom. The molecular weight excluding hydrogens is 180 g/mol. The molecule has 0 radical (unpaired) electrons. The van der Waals surface area contributed by atoms with E-state index in [1.165, 1.54) is 5.57 Å². The largest absolute Gasteiger partial charge is 0.122 e. The van der Waals surface area contributed by atoms with Crippen LogP contribution in [-0.2, 0) is 0 Å². The van der Waals surface area contributed by atoms with Crippen LogP contribution in [0.3, 0.4) is 0 Å². The highest BCUT2D eigenvalue weighted by Gasteiger charge is 2.04. The van der Waals surface area contributed by atoms with E-state index in [0.717, 1.165) is 16.7 Å². The van der Waals surface area contributed by atoms with Gasteiger partial charge in [-0.25, -0.2) is 0 Å². The molecule has 0 nitrogen and oxygen atoms in total. The summed E-state index contributed by atoms with van der Waals surface area (Å²) in [6, 6.07) is 0. The molecule has 0 bridgehead atoms. The van der Waals surface area contributed by atoms with Crippen molar-refractivity contribution in [3.05, 3.63) is 47.6 Å². The summed E-state index contributed by atoms with van der Waals surface area (Å²) in [7, 11) is 0. The summed E-state index contributed by atoms with van der Waals surface area (Å²) in [6.07, 6.45) is 4.04. The van der Waals surface area contributed by atoms with Crippen LogP contribution in [0.25, 0.3) is 0 Å². The lowest BCUT2D eigenvalue weighted by atomic mass is 9.97. The Morgan fingerprint density at radius 2 is 1.85 bits per heavy atom. The molecule has 0 saturated heterocycles. The monoisotopic (exact) mass is 196 g/mol. The highest BCUT2D eigenvalue weighted by atomic mass is 35.5. The molecule has 0 N–H and O–H groups in total. The molecule has 0 aliphatic heterocycles. The quantitative estimate of drug-likeness (QED) is 0.466. The molecule has 0 spiro atoms. The minimum atomic E-state index is 0.455. The van der Waals surface area contributed by atoms with E-state index < -0.39 is 0 Å². The predicted molar refractivity (Wildman–Crippen MR) is 62.2 cm³/mol. The van der Waals surface area contributed by atoms with Crippen molar-refractivity contribution in [1.29, 1.82) is 0 Å². The van der Waals surface area contributed by atoms with Crippen LogP contribution >= 0.6 is 11.6 Å². The van der Waals surface area contributed by atoms with Crippen LogP contribution in [0.15, 0.2) is 47.6 Å². The molecule has 0 aliphatic rings. The summed E-state index contributed by atoms with van der Waals surface area (Å²) in [5.74, 6) is 0.455. The van der Waals surface area contributed by atoms with Crippen LogP contribution in [0.5, 0.6) is 0 Å². The SMILES string of the molecule is C=C(C)/C(C(=C)CCl)=C(C)\C=C/C. The minimum Gasteiger partial charge on any atom is -0.122 e. The number of allylic oxidation sites excluding steroid dienone is 6. The second kappa shape index (κ2) is 5.82. The summed E-state index contributed by atoms with van der Waals surface area (Å²) in [5, 5.41) is 0. The smallest absolute Gasteiger partial charge is 0.0474 e. The van der Waals surface area contributed by atoms with Gasteiger partial charge in [-0.3, -0.25) is 0 Å². The Hall–Kier alpha value is -0.750. The molecule has 0 amide bonds. The van der Waals surface area contributed by atoms with Crippen molar-refractivity contribution in [1.82, 2.24) is 0 Å². The van der Waals surface area contributed by atoms with Crippen LogP contribution in [0.4, 0.5) is 0 Å². The molecule has 0 saturated carbocycles. The Morgan fingerprint density at radius 3 is 2.15 bits per heavy atom. The third kappa shape index (κ3) is 3.65. The van der Waals surface area contributed by atoms with Gasteiger partial charge in [-0.1, -0.05) is 30.9 Å². The van der Waals surface area contributed by atoms with Gasteiger partial charge >= 0.3 is 0 Å². The number of hydrogen-bond acceptors (Lipinski definition) is 0. The maximum absolute atomic E-state index is 5.74. The number of halogens is 1. The van der Waals surface area contributed by atoms with Crippen LogP contribution < -0.4 is 0 Å². The molecule has 0 aromatic carbocycles. The predicted octanol–water partition coefficient (Wildman–Crippen LogP) is 4.25. The van der Waals surface area contributed by atoms with Crippen molar-refractivity contribution in [2.24, 2.45) is 0 Å². The fraction of sp³-hybridized carbons (Fsp3) is 0.333. The number of alkyl halides is 1. The Labute approximate surface area is 86.3 Å². The van der Waals surface area contributed by atoms with Gasteiger partial charge in [-0.15, -0.1) is 11.6 Å². The standard InChI is InChI=1S/C12H17Cl/c1-6-7-10(4)12(9(2)3)11(5)8-13/h6-7H,2,5,8H2,1,3-4H3/b7-6-,12-10+. The second-order valence-corrected chi connectivity index (χ2v) is 3.34. The van der Waals surface area contributed by atoms with E-state index in [1.54, 1.807) is 0 Å². The molecule has 0 atom stereocenters. The van der Waals surface area contributed by atoms with Crippen molar-refractivity contribution in [3.63, 3.8) is 0 Å². The molecule has 0 fully saturated rings. The Balaban J connectivity index is 5.11. The van der Waals surface area contributed by atoms with Crippen LogP contribution in [0, 0.1) is 0 Å². The highest BCUT2D eigenvalue weighted by Crippen LogP contribution is 2.22. The van der Waals surface area contributed by atoms with Crippen molar-refractivity contribution in [2.45, 2.75) is 20.8 Å². The Bertz CT molecular complexity index is 267. The van der Waals surface area contributed by atoms with Crippen LogP contribution in [0.1, 0.15) is 20.8 Å². The van der Waals surface area contributed by atoms with Crippen molar-refractivity contribution in [3.8, 4) is 0 Å². The fourth-order valence-electron chi connectivity index (χ4n) is 1.32. The Kier molecular flexibility index (Phi) is 5.48. The zero-order valence-corrected chi connectivity index (χ0v) is 9.41. The molecule has 0 rings (SSSR count). The van der Waals surface area contributed by atoms with E-state index in [0.29, 0.717) is 5.88 Å². The van der Waals surface area contributed by atoms with Gasteiger partial charge in [0, 0.05) is 5.88 Å². The number of rotatable bonds is 4. The lowest BCUT2D eigenvalue weighted by Crippen LogP contribution is -1.94. The van der Waals surface area contributed by atoms with Crippen LogP contribution in [0.2, 0.25) is 0 Å². The van der Waals surface area contributed by atoms with E-state index >= 15 is 0 Å². The van der Waals surface area contributed by atoms with Crippen LogP contribution in [-0.4, -0.2) is 5.88 Å². The molecule has 0 unspecified atom stereocenters. The molecule has 1 heteroatoms. The first-order valence-electron chi connectivity index (χ1n) is 4.28. The zero-order chi connectivity index (χ0) is 10.4. The third-order valence-corrected chi connectivity index (χ3v) is 2.08. The topological polar surface area (TPSA) is 0 Å². The van der Waals surface area contributed by atoms with E-state index in [9.17, 15) is 0 Å². The van der Waals surface area contributed by atoms with E-state index in [4.69, 9.17) is 11.6 Å². The average molecular weight is 197 g/mol. The maximum atomic E-state index is 5.74. The van der Waals surface area contributed by atoms with Crippen molar-refractivity contribution >= 4 is 11.6 Å². The minimum absolute atomic E-state index is 0.455. The van der Waals surface area contributed by atoms with E-state index in [1.807, 2.05) is 32.9 Å². The summed E-state index contributed by atoms with van der Waals surface area (Å²) < 4.78 is 0. The zero-order valence-electron chi connectivity index (χ0n) is 8.65. The summed E-state index contributed by atoms with van der Waals surface area (Å²) >= 11 is 5.74. The fourth-order valence-corrected chi connectivity index (χ4v) is 1.45.